The minimum atomic E-state index is -2.11. The predicted octanol–water partition coefficient (Wildman–Crippen LogP) is 3.06. The summed E-state index contributed by atoms with van der Waals surface area (Å²) in [6, 6.07) is 0. The maximum Gasteiger partial charge on any atom is 0.238 e. The minimum Gasteiger partial charge on any atom is -0.316 e. The van der Waals surface area contributed by atoms with Crippen LogP contribution in [0.4, 0.5) is 8.78 Å². The van der Waals surface area contributed by atoms with Crippen LogP contribution in [-0.2, 0) is 0 Å². The molecule has 1 fully saturated rings. The first kappa shape index (κ1) is 12.8. The molecule has 0 aromatic rings. The lowest BCUT2D eigenvalue weighted by atomic mass is 10.0. The van der Waals surface area contributed by atoms with Gasteiger partial charge >= 0.3 is 0 Å². The van der Waals surface area contributed by atoms with Crippen LogP contribution in [0, 0.1) is 5.92 Å². The van der Waals surface area contributed by atoms with E-state index in [0.29, 0.717) is 12.3 Å². The Morgan fingerprint density at radius 3 is 2.38 bits per heavy atom. The molecule has 1 saturated heterocycles. The summed E-state index contributed by atoms with van der Waals surface area (Å²) in [6.07, 6.45) is 0.976. The van der Waals surface area contributed by atoms with Crippen LogP contribution in [0.3, 0.4) is 0 Å². The van der Waals surface area contributed by atoms with Crippen molar-refractivity contribution in [3.05, 3.63) is 0 Å². The van der Waals surface area contributed by atoms with Crippen LogP contribution in [0.1, 0.15) is 39.5 Å². The van der Waals surface area contributed by atoms with Gasteiger partial charge in [0.05, 0.1) is 0 Å². The number of nitrogens with one attached hydrogen (secondary N) is 1. The molecule has 0 saturated carbocycles. The Kier molecular flexibility index (Phi) is 8.30. The highest BCUT2D eigenvalue weighted by atomic mass is 19.3. The van der Waals surface area contributed by atoms with Gasteiger partial charge in [0.2, 0.25) is 6.43 Å². The Morgan fingerprint density at radius 2 is 2.00 bits per heavy atom. The maximum atomic E-state index is 11.7. The van der Waals surface area contributed by atoms with Gasteiger partial charge in [0.25, 0.3) is 0 Å². The van der Waals surface area contributed by atoms with E-state index in [-0.39, 0.29) is 6.42 Å². The number of halogens is 2. The van der Waals surface area contributed by atoms with Gasteiger partial charge in [-0.2, -0.15) is 0 Å². The zero-order valence-corrected chi connectivity index (χ0v) is 8.65. The highest BCUT2D eigenvalue weighted by Crippen LogP contribution is 2.16. The molecule has 0 amide bonds. The van der Waals surface area contributed by atoms with Crippen molar-refractivity contribution in [1.29, 1.82) is 0 Å². The Bertz CT molecular complexity index is 101. The molecule has 1 aliphatic rings. The zero-order valence-electron chi connectivity index (χ0n) is 8.65. The van der Waals surface area contributed by atoms with Crippen molar-refractivity contribution in [3.63, 3.8) is 0 Å². The smallest absolute Gasteiger partial charge is 0.238 e. The molecule has 1 rings (SSSR count). The van der Waals surface area contributed by atoms with Crippen molar-refractivity contribution in [2.45, 2.75) is 46.0 Å². The van der Waals surface area contributed by atoms with E-state index < -0.39 is 6.43 Å². The summed E-state index contributed by atoms with van der Waals surface area (Å²) in [4.78, 5) is 0. The zero-order chi connectivity index (χ0) is 10.1. The highest BCUT2D eigenvalue weighted by molar-refractivity contribution is 4.70. The van der Waals surface area contributed by atoms with Crippen molar-refractivity contribution in [1.82, 2.24) is 5.32 Å². The molecule has 1 heterocycles. The molecule has 0 unspecified atom stereocenters. The fourth-order valence-electron chi connectivity index (χ4n) is 1.32. The normalized spacial score (nSPS) is 21.5. The number of hydrogen-bond donors (Lipinski definition) is 1. The van der Waals surface area contributed by atoms with Crippen LogP contribution >= 0.6 is 0 Å². The quantitative estimate of drug-likeness (QED) is 0.726. The van der Waals surface area contributed by atoms with Gasteiger partial charge in [-0.15, -0.1) is 0 Å². The van der Waals surface area contributed by atoms with E-state index in [4.69, 9.17) is 0 Å². The van der Waals surface area contributed by atoms with Gasteiger partial charge in [-0.1, -0.05) is 20.3 Å². The first-order chi connectivity index (χ1) is 6.20. The Labute approximate surface area is 79.9 Å². The number of hydrogen-bond acceptors (Lipinski definition) is 1. The summed E-state index contributed by atoms with van der Waals surface area (Å²) in [7, 11) is 0. The van der Waals surface area contributed by atoms with E-state index in [9.17, 15) is 8.78 Å². The van der Waals surface area contributed by atoms with E-state index in [2.05, 4.69) is 19.2 Å². The van der Waals surface area contributed by atoms with Crippen LogP contribution < -0.4 is 5.32 Å². The number of alkyl halides is 2. The second-order valence-corrected chi connectivity index (χ2v) is 3.53. The van der Waals surface area contributed by atoms with Crippen LogP contribution in [0.2, 0.25) is 0 Å². The summed E-state index contributed by atoms with van der Waals surface area (Å²) in [6.45, 7) is 6.20. The molecule has 80 valence electrons. The fraction of sp³-hybridized carbons (Fsp3) is 1.00. The molecule has 0 aromatic heterocycles. The Hall–Kier alpha value is -0.180. The minimum absolute atomic E-state index is 0.0757. The van der Waals surface area contributed by atoms with Crippen molar-refractivity contribution >= 4 is 0 Å². The van der Waals surface area contributed by atoms with Crippen LogP contribution in [0.15, 0.2) is 0 Å². The van der Waals surface area contributed by atoms with Crippen LogP contribution in [0.25, 0.3) is 0 Å². The fourth-order valence-corrected chi connectivity index (χ4v) is 1.32. The van der Waals surface area contributed by atoms with E-state index in [1.54, 1.807) is 0 Å². The molecule has 1 nitrogen and oxygen atoms in total. The molecular formula is C10H21F2N. The summed E-state index contributed by atoms with van der Waals surface area (Å²) in [5.74, 6) is 0.508. The third-order valence-electron chi connectivity index (χ3n) is 1.96. The van der Waals surface area contributed by atoms with Gasteiger partial charge in [-0.05, 0) is 31.8 Å². The third-order valence-corrected chi connectivity index (χ3v) is 1.96. The highest BCUT2D eigenvalue weighted by Gasteiger charge is 2.15. The third kappa shape index (κ3) is 8.16. The second-order valence-electron chi connectivity index (χ2n) is 3.53. The molecule has 0 radical (unpaired) electrons. The van der Waals surface area contributed by atoms with E-state index in [1.165, 1.54) is 6.42 Å². The summed E-state index contributed by atoms with van der Waals surface area (Å²) in [5, 5.41) is 3.15. The average Bonchev–Trinajstić information content (AvgIpc) is 2.54. The number of rotatable bonds is 3. The standard InChI is InChI=1S/C7H13F2N.C3H8/c8-7(9)2-1-6-3-4-10-5-6;1-3-2/h6-7,10H,1-5H2;3H2,1-2H3/t6-;/m1./s1. The van der Waals surface area contributed by atoms with Crippen molar-refractivity contribution in [3.8, 4) is 0 Å². The van der Waals surface area contributed by atoms with Gasteiger partial charge in [0.15, 0.2) is 0 Å². The molecular weight excluding hydrogens is 172 g/mol. The summed E-state index contributed by atoms with van der Waals surface area (Å²) < 4.78 is 23.3. The van der Waals surface area contributed by atoms with Gasteiger partial charge in [-0.3, -0.25) is 0 Å². The van der Waals surface area contributed by atoms with Gasteiger partial charge < -0.3 is 5.32 Å². The average molecular weight is 193 g/mol. The molecule has 1 N–H and O–H groups in total. The monoisotopic (exact) mass is 193 g/mol. The first-order valence-corrected chi connectivity index (χ1v) is 5.19. The SMILES string of the molecule is CCC.FC(F)CC[C@@H]1CCNC1. The lowest BCUT2D eigenvalue weighted by Gasteiger charge is -2.05. The maximum absolute atomic E-state index is 11.7. The van der Waals surface area contributed by atoms with Gasteiger partial charge in [0, 0.05) is 6.42 Å². The topological polar surface area (TPSA) is 12.0 Å². The molecule has 1 aliphatic heterocycles. The molecule has 0 spiro atoms. The van der Waals surface area contributed by atoms with E-state index in [0.717, 1.165) is 19.5 Å². The van der Waals surface area contributed by atoms with Gasteiger partial charge in [-0.25, -0.2) is 8.78 Å². The summed E-state index contributed by atoms with van der Waals surface area (Å²) in [5.41, 5.74) is 0. The molecule has 0 aromatic carbocycles. The molecule has 0 bridgehead atoms. The Morgan fingerprint density at radius 1 is 1.38 bits per heavy atom. The summed E-state index contributed by atoms with van der Waals surface area (Å²) >= 11 is 0. The van der Waals surface area contributed by atoms with Crippen LogP contribution in [0.5, 0.6) is 0 Å². The molecule has 0 aliphatic carbocycles. The Balaban J connectivity index is 0.000000424. The predicted molar refractivity (Wildman–Crippen MR) is 52.2 cm³/mol. The molecule has 1 atom stereocenters. The van der Waals surface area contributed by atoms with Crippen LogP contribution in [-0.4, -0.2) is 19.5 Å². The molecule has 3 heteroatoms. The van der Waals surface area contributed by atoms with Crippen molar-refractivity contribution in [2.24, 2.45) is 5.92 Å². The first-order valence-electron chi connectivity index (χ1n) is 5.19. The second kappa shape index (κ2) is 8.42. The van der Waals surface area contributed by atoms with Gasteiger partial charge in [0.1, 0.15) is 0 Å². The lowest BCUT2D eigenvalue weighted by molar-refractivity contribution is 0.128. The van der Waals surface area contributed by atoms with E-state index >= 15 is 0 Å². The van der Waals surface area contributed by atoms with E-state index in [1.807, 2.05) is 0 Å². The van der Waals surface area contributed by atoms with Crippen molar-refractivity contribution < 1.29 is 8.78 Å². The lowest BCUT2D eigenvalue weighted by Crippen LogP contribution is -2.09. The largest absolute Gasteiger partial charge is 0.316 e. The van der Waals surface area contributed by atoms with Crippen molar-refractivity contribution in [2.75, 3.05) is 13.1 Å². The molecule has 13 heavy (non-hydrogen) atoms.